The van der Waals surface area contributed by atoms with Gasteiger partial charge >= 0.3 is 0 Å². The van der Waals surface area contributed by atoms with Gasteiger partial charge < -0.3 is 13.9 Å². The summed E-state index contributed by atoms with van der Waals surface area (Å²) in [5.74, 6) is 1.89. The molecule has 0 aliphatic heterocycles. The first-order chi connectivity index (χ1) is 12.7. The van der Waals surface area contributed by atoms with Crippen molar-refractivity contribution >= 4 is 11.2 Å². The Balaban J connectivity index is 2.19. The van der Waals surface area contributed by atoms with E-state index in [1.165, 1.54) is 0 Å². The van der Waals surface area contributed by atoms with Crippen LogP contribution < -0.4 is 9.47 Å². The third kappa shape index (κ3) is 3.14. The van der Waals surface area contributed by atoms with Gasteiger partial charge in [0.25, 0.3) is 0 Å². The van der Waals surface area contributed by atoms with Gasteiger partial charge in [0, 0.05) is 17.2 Å². The fraction of sp³-hybridized carbons (Fsp3) is 0.429. The Morgan fingerprint density at radius 3 is 2.42 bits per heavy atom. The second-order valence-corrected chi connectivity index (χ2v) is 6.30. The van der Waals surface area contributed by atoms with E-state index < -0.39 is 0 Å². The molecule has 1 aromatic carbocycles. The molecular formula is C21H26N2O3. The van der Waals surface area contributed by atoms with Crippen LogP contribution in [0.2, 0.25) is 0 Å². The number of benzene rings is 1. The van der Waals surface area contributed by atoms with E-state index in [0.717, 1.165) is 53.0 Å². The van der Waals surface area contributed by atoms with Crippen molar-refractivity contribution in [3.05, 3.63) is 35.7 Å². The first kappa shape index (κ1) is 18.2. The van der Waals surface area contributed by atoms with E-state index in [2.05, 4.69) is 20.8 Å². The predicted octanol–water partition coefficient (Wildman–Crippen LogP) is 5.37. The molecule has 0 aliphatic rings. The summed E-state index contributed by atoms with van der Waals surface area (Å²) in [4.78, 5) is 9.72. The zero-order valence-corrected chi connectivity index (χ0v) is 16.1. The lowest BCUT2D eigenvalue weighted by atomic mass is 9.95. The number of aromatic nitrogens is 2. The zero-order valence-electron chi connectivity index (χ0n) is 16.1. The van der Waals surface area contributed by atoms with Crippen LogP contribution in [0.1, 0.15) is 50.8 Å². The van der Waals surface area contributed by atoms with Crippen LogP contribution in [0.15, 0.2) is 28.9 Å². The Labute approximate surface area is 154 Å². The SMILES string of the molecule is CCc1nc2c(C(CC)CC)coc2nc1-c1ccc(OC)cc1OC. The van der Waals surface area contributed by atoms with E-state index in [-0.39, 0.29) is 0 Å². The predicted molar refractivity (Wildman–Crippen MR) is 103 cm³/mol. The molecule has 2 heterocycles. The van der Waals surface area contributed by atoms with Gasteiger partial charge in [-0.1, -0.05) is 20.8 Å². The summed E-state index contributed by atoms with van der Waals surface area (Å²) in [6.07, 6.45) is 4.71. The minimum absolute atomic E-state index is 0.441. The normalized spacial score (nSPS) is 11.3. The maximum atomic E-state index is 5.77. The van der Waals surface area contributed by atoms with Gasteiger partial charge in [-0.2, -0.15) is 0 Å². The van der Waals surface area contributed by atoms with Gasteiger partial charge in [-0.25, -0.2) is 9.97 Å². The van der Waals surface area contributed by atoms with E-state index in [0.29, 0.717) is 17.4 Å². The molecule has 0 saturated heterocycles. The number of ether oxygens (including phenoxy) is 2. The summed E-state index contributed by atoms with van der Waals surface area (Å²) < 4.78 is 16.6. The topological polar surface area (TPSA) is 57.4 Å². The smallest absolute Gasteiger partial charge is 0.245 e. The Hall–Kier alpha value is -2.56. The van der Waals surface area contributed by atoms with Crippen LogP contribution in [0.25, 0.3) is 22.5 Å². The summed E-state index contributed by atoms with van der Waals surface area (Å²) >= 11 is 0. The van der Waals surface area contributed by atoms with Crippen LogP contribution >= 0.6 is 0 Å². The minimum atomic E-state index is 0.441. The van der Waals surface area contributed by atoms with Gasteiger partial charge in [0.1, 0.15) is 17.0 Å². The maximum absolute atomic E-state index is 5.77. The number of methoxy groups -OCH3 is 2. The summed E-state index contributed by atoms with van der Waals surface area (Å²) in [6.45, 7) is 6.47. The van der Waals surface area contributed by atoms with Crippen molar-refractivity contribution in [1.82, 2.24) is 9.97 Å². The van der Waals surface area contributed by atoms with Gasteiger partial charge in [0.05, 0.1) is 31.9 Å². The lowest BCUT2D eigenvalue weighted by Gasteiger charge is -2.13. The first-order valence-corrected chi connectivity index (χ1v) is 9.17. The van der Waals surface area contributed by atoms with Gasteiger partial charge in [0.2, 0.25) is 5.71 Å². The van der Waals surface area contributed by atoms with Crippen molar-refractivity contribution in [3.63, 3.8) is 0 Å². The molecule has 0 saturated carbocycles. The molecule has 0 N–H and O–H groups in total. The van der Waals surface area contributed by atoms with E-state index in [1.54, 1.807) is 14.2 Å². The molecule has 26 heavy (non-hydrogen) atoms. The van der Waals surface area contributed by atoms with E-state index in [9.17, 15) is 0 Å². The summed E-state index contributed by atoms with van der Waals surface area (Å²) in [5.41, 5.74) is 5.24. The molecule has 5 heteroatoms. The van der Waals surface area contributed by atoms with E-state index in [1.807, 2.05) is 24.5 Å². The highest BCUT2D eigenvalue weighted by Crippen LogP contribution is 2.36. The molecule has 0 spiro atoms. The third-order valence-electron chi connectivity index (χ3n) is 4.93. The van der Waals surface area contributed by atoms with Crippen molar-refractivity contribution in [3.8, 4) is 22.8 Å². The van der Waals surface area contributed by atoms with Crippen molar-refractivity contribution in [2.24, 2.45) is 0 Å². The number of aryl methyl sites for hydroxylation is 1. The van der Waals surface area contributed by atoms with Crippen LogP contribution in [0.3, 0.4) is 0 Å². The molecular weight excluding hydrogens is 328 g/mol. The molecule has 3 aromatic rings. The zero-order chi connectivity index (χ0) is 18.7. The average molecular weight is 354 g/mol. The van der Waals surface area contributed by atoms with E-state index in [4.69, 9.17) is 23.9 Å². The quantitative estimate of drug-likeness (QED) is 0.570. The Kier molecular flexibility index (Phi) is 5.45. The highest BCUT2D eigenvalue weighted by Gasteiger charge is 2.21. The molecule has 0 amide bonds. The molecule has 138 valence electrons. The molecule has 2 aromatic heterocycles. The lowest BCUT2D eigenvalue weighted by molar-refractivity contribution is 0.395. The standard InChI is InChI=1S/C21H26N2O3/c1-6-13(7-2)16-12-26-21-20(16)22-17(8-3)19(23-21)15-10-9-14(24-4)11-18(15)25-5/h9-13H,6-8H2,1-5H3. The molecule has 0 radical (unpaired) electrons. The van der Waals surface area contributed by atoms with Crippen molar-refractivity contribution < 1.29 is 13.9 Å². The molecule has 0 atom stereocenters. The highest BCUT2D eigenvalue weighted by atomic mass is 16.5. The first-order valence-electron chi connectivity index (χ1n) is 9.17. The number of hydrogen-bond acceptors (Lipinski definition) is 5. The molecule has 0 fully saturated rings. The lowest BCUT2D eigenvalue weighted by Crippen LogP contribution is -2.01. The number of fused-ring (bicyclic) bond motifs is 1. The van der Waals surface area contributed by atoms with Gasteiger partial charge in [-0.3, -0.25) is 0 Å². The third-order valence-corrected chi connectivity index (χ3v) is 4.93. The number of hydrogen-bond donors (Lipinski definition) is 0. The van der Waals surface area contributed by atoms with Crippen molar-refractivity contribution in [2.45, 2.75) is 46.0 Å². The second-order valence-electron chi connectivity index (χ2n) is 6.30. The van der Waals surface area contributed by atoms with Gasteiger partial charge in [0.15, 0.2) is 0 Å². The summed E-state index contributed by atoms with van der Waals surface area (Å²) in [7, 11) is 3.29. The number of nitrogens with zero attached hydrogens (tertiary/aromatic N) is 2. The summed E-state index contributed by atoms with van der Waals surface area (Å²) in [6, 6.07) is 5.72. The molecule has 0 unspecified atom stereocenters. The van der Waals surface area contributed by atoms with Crippen molar-refractivity contribution in [2.75, 3.05) is 14.2 Å². The van der Waals surface area contributed by atoms with Crippen LogP contribution in [-0.4, -0.2) is 24.2 Å². The van der Waals surface area contributed by atoms with Crippen LogP contribution in [0, 0.1) is 0 Å². The second kappa shape index (κ2) is 7.77. The van der Waals surface area contributed by atoms with E-state index >= 15 is 0 Å². The average Bonchev–Trinajstić information content (AvgIpc) is 3.10. The summed E-state index contributed by atoms with van der Waals surface area (Å²) in [5, 5.41) is 0. The Bertz CT molecular complexity index is 898. The Morgan fingerprint density at radius 2 is 1.81 bits per heavy atom. The fourth-order valence-electron chi connectivity index (χ4n) is 3.37. The van der Waals surface area contributed by atoms with Crippen LogP contribution in [-0.2, 0) is 6.42 Å². The number of furan rings is 1. The largest absolute Gasteiger partial charge is 0.497 e. The highest BCUT2D eigenvalue weighted by molar-refractivity contribution is 5.79. The maximum Gasteiger partial charge on any atom is 0.245 e. The molecule has 3 rings (SSSR count). The van der Waals surface area contributed by atoms with Crippen LogP contribution in [0.4, 0.5) is 0 Å². The van der Waals surface area contributed by atoms with Crippen molar-refractivity contribution in [1.29, 1.82) is 0 Å². The molecule has 0 bridgehead atoms. The monoisotopic (exact) mass is 354 g/mol. The molecule has 5 nitrogen and oxygen atoms in total. The number of rotatable bonds is 7. The fourth-order valence-corrected chi connectivity index (χ4v) is 3.37. The van der Waals surface area contributed by atoms with Gasteiger partial charge in [-0.15, -0.1) is 0 Å². The minimum Gasteiger partial charge on any atom is -0.497 e. The Morgan fingerprint density at radius 1 is 1.04 bits per heavy atom. The van der Waals surface area contributed by atoms with Gasteiger partial charge in [-0.05, 0) is 37.3 Å². The van der Waals surface area contributed by atoms with Crippen LogP contribution in [0.5, 0.6) is 11.5 Å². The molecule has 0 aliphatic carbocycles.